The molecule has 0 radical (unpaired) electrons. The minimum atomic E-state index is -0.491. The van der Waals surface area contributed by atoms with Gasteiger partial charge in [-0.05, 0) is 32.1 Å². The van der Waals surface area contributed by atoms with Crippen molar-refractivity contribution in [1.29, 1.82) is 0 Å². The third-order valence-electron chi connectivity index (χ3n) is 2.23. The first-order chi connectivity index (χ1) is 8.15. The van der Waals surface area contributed by atoms with Gasteiger partial charge in [-0.15, -0.1) is 0 Å². The van der Waals surface area contributed by atoms with Crippen molar-refractivity contribution in [3.05, 3.63) is 39.9 Å². The molecule has 0 fully saturated rings. The molecule has 92 valence electrons. The van der Waals surface area contributed by atoms with Crippen LogP contribution in [0, 0.1) is 10.1 Å². The number of nitro groups is 1. The molecule has 0 aliphatic heterocycles. The highest BCUT2D eigenvalue weighted by molar-refractivity contribution is 5.94. The lowest BCUT2D eigenvalue weighted by atomic mass is 10.2. The minimum absolute atomic E-state index is 0.0169. The normalized spacial score (nSPS) is 9.94. The van der Waals surface area contributed by atoms with Gasteiger partial charge in [0.15, 0.2) is 0 Å². The van der Waals surface area contributed by atoms with Gasteiger partial charge in [0.25, 0.3) is 11.6 Å². The molecule has 0 unspecified atom stereocenters. The molecule has 6 nitrogen and oxygen atoms in total. The molecule has 0 saturated carbocycles. The molecule has 1 aromatic carbocycles. The fraction of sp³-hybridized carbons (Fsp3) is 0.364. The Bertz CT molecular complexity index is 389. The highest BCUT2D eigenvalue weighted by Crippen LogP contribution is 2.11. The van der Waals surface area contributed by atoms with Gasteiger partial charge in [-0.25, -0.2) is 0 Å². The second-order valence-corrected chi connectivity index (χ2v) is 3.52. The van der Waals surface area contributed by atoms with Gasteiger partial charge in [-0.3, -0.25) is 14.9 Å². The zero-order valence-corrected chi connectivity index (χ0v) is 9.60. The molecule has 0 heterocycles. The fourth-order valence-corrected chi connectivity index (χ4v) is 1.30. The maximum atomic E-state index is 11.6. The van der Waals surface area contributed by atoms with E-state index in [1.54, 1.807) is 0 Å². The number of carbonyl (C=O) groups excluding carboxylic acids is 1. The Morgan fingerprint density at radius 3 is 2.47 bits per heavy atom. The van der Waals surface area contributed by atoms with E-state index in [0.29, 0.717) is 12.1 Å². The summed E-state index contributed by atoms with van der Waals surface area (Å²) in [6.07, 6.45) is 0.842. The number of non-ortho nitro benzene ring substituents is 1. The lowest BCUT2D eigenvalue weighted by Gasteiger charge is -2.04. The maximum absolute atomic E-state index is 11.6. The summed E-state index contributed by atoms with van der Waals surface area (Å²) in [6.45, 7) is 1.41. The monoisotopic (exact) mass is 237 g/mol. The quantitative estimate of drug-likeness (QED) is 0.438. The SMILES string of the molecule is CNCCCNC(=O)c1ccc([N+](=O)[O-])cc1. The predicted molar refractivity (Wildman–Crippen MR) is 64.0 cm³/mol. The first-order valence-corrected chi connectivity index (χ1v) is 5.32. The summed E-state index contributed by atoms with van der Waals surface area (Å²) in [5.74, 6) is -0.212. The van der Waals surface area contributed by atoms with E-state index in [2.05, 4.69) is 10.6 Å². The summed E-state index contributed by atoms with van der Waals surface area (Å²) in [5.41, 5.74) is 0.414. The Balaban J connectivity index is 2.49. The maximum Gasteiger partial charge on any atom is 0.269 e. The van der Waals surface area contributed by atoms with Crippen molar-refractivity contribution in [2.24, 2.45) is 0 Å². The second kappa shape index (κ2) is 6.59. The molecule has 1 aromatic rings. The molecule has 0 aliphatic rings. The van der Waals surface area contributed by atoms with E-state index < -0.39 is 4.92 Å². The molecule has 17 heavy (non-hydrogen) atoms. The van der Waals surface area contributed by atoms with Gasteiger partial charge < -0.3 is 10.6 Å². The van der Waals surface area contributed by atoms with Crippen LogP contribution in [0.3, 0.4) is 0 Å². The lowest BCUT2D eigenvalue weighted by molar-refractivity contribution is -0.384. The van der Waals surface area contributed by atoms with E-state index in [9.17, 15) is 14.9 Å². The molecule has 0 aromatic heterocycles. The van der Waals surface area contributed by atoms with Crippen LogP contribution in [0.1, 0.15) is 16.8 Å². The van der Waals surface area contributed by atoms with Crippen molar-refractivity contribution in [1.82, 2.24) is 10.6 Å². The van der Waals surface area contributed by atoms with Crippen LogP contribution in [-0.4, -0.2) is 31.0 Å². The molecule has 1 rings (SSSR count). The predicted octanol–water partition coefficient (Wildman–Crippen LogP) is 0.934. The number of nitrogens with zero attached hydrogens (tertiary/aromatic N) is 1. The van der Waals surface area contributed by atoms with E-state index in [4.69, 9.17) is 0 Å². The van der Waals surface area contributed by atoms with Crippen LogP contribution < -0.4 is 10.6 Å². The van der Waals surface area contributed by atoms with Gasteiger partial charge in [-0.2, -0.15) is 0 Å². The summed E-state index contributed by atoms with van der Waals surface area (Å²) in [5, 5.41) is 16.1. The van der Waals surface area contributed by atoms with E-state index in [1.165, 1.54) is 24.3 Å². The number of carbonyl (C=O) groups is 1. The van der Waals surface area contributed by atoms with Crippen LogP contribution in [0.15, 0.2) is 24.3 Å². The molecular weight excluding hydrogens is 222 g/mol. The van der Waals surface area contributed by atoms with Gasteiger partial charge in [0.2, 0.25) is 0 Å². The van der Waals surface area contributed by atoms with Gasteiger partial charge in [0.05, 0.1) is 4.92 Å². The number of amides is 1. The molecule has 6 heteroatoms. The first-order valence-electron chi connectivity index (χ1n) is 5.32. The minimum Gasteiger partial charge on any atom is -0.352 e. The standard InChI is InChI=1S/C11H15N3O3/c1-12-7-2-8-13-11(15)9-3-5-10(6-4-9)14(16)17/h3-6,12H,2,7-8H2,1H3,(H,13,15). The Hall–Kier alpha value is -1.95. The van der Waals surface area contributed by atoms with Crippen LogP contribution >= 0.6 is 0 Å². The number of rotatable bonds is 6. The first kappa shape index (κ1) is 13.1. The molecule has 1 amide bonds. The van der Waals surface area contributed by atoms with Gasteiger partial charge in [0.1, 0.15) is 0 Å². The van der Waals surface area contributed by atoms with Gasteiger partial charge >= 0.3 is 0 Å². The van der Waals surface area contributed by atoms with Gasteiger partial charge in [0, 0.05) is 24.2 Å². The Morgan fingerprint density at radius 1 is 1.29 bits per heavy atom. The van der Waals surface area contributed by atoms with Crippen molar-refractivity contribution in [2.45, 2.75) is 6.42 Å². The van der Waals surface area contributed by atoms with E-state index in [0.717, 1.165) is 13.0 Å². The van der Waals surface area contributed by atoms with E-state index >= 15 is 0 Å². The molecule has 0 atom stereocenters. The summed E-state index contributed by atoms with van der Waals surface area (Å²) in [6, 6.07) is 5.54. The topological polar surface area (TPSA) is 84.3 Å². The van der Waals surface area contributed by atoms with Crippen molar-refractivity contribution in [3.8, 4) is 0 Å². The van der Waals surface area contributed by atoms with Crippen LogP contribution in [0.2, 0.25) is 0 Å². The van der Waals surface area contributed by atoms with Crippen molar-refractivity contribution in [3.63, 3.8) is 0 Å². The summed E-state index contributed by atoms with van der Waals surface area (Å²) in [7, 11) is 1.85. The smallest absolute Gasteiger partial charge is 0.269 e. The van der Waals surface area contributed by atoms with E-state index in [-0.39, 0.29) is 11.6 Å². The van der Waals surface area contributed by atoms with Crippen LogP contribution in [0.5, 0.6) is 0 Å². The summed E-state index contributed by atoms with van der Waals surface area (Å²) in [4.78, 5) is 21.5. The Labute approximate surface area is 99.2 Å². The molecule has 0 spiro atoms. The molecule has 0 aliphatic carbocycles. The third kappa shape index (κ3) is 4.20. The van der Waals surface area contributed by atoms with Crippen molar-refractivity contribution in [2.75, 3.05) is 20.1 Å². The number of hydrogen-bond donors (Lipinski definition) is 2. The van der Waals surface area contributed by atoms with Crippen molar-refractivity contribution < 1.29 is 9.72 Å². The van der Waals surface area contributed by atoms with Crippen LogP contribution in [0.4, 0.5) is 5.69 Å². The lowest BCUT2D eigenvalue weighted by Crippen LogP contribution is -2.26. The molecule has 2 N–H and O–H groups in total. The highest BCUT2D eigenvalue weighted by atomic mass is 16.6. The molecular formula is C11H15N3O3. The second-order valence-electron chi connectivity index (χ2n) is 3.52. The summed E-state index contributed by atoms with van der Waals surface area (Å²) >= 11 is 0. The number of hydrogen-bond acceptors (Lipinski definition) is 4. The van der Waals surface area contributed by atoms with Crippen molar-refractivity contribution >= 4 is 11.6 Å². The number of nitrogens with one attached hydrogen (secondary N) is 2. The summed E-state index contributed by atoms with van der Waals surface area (Å²) < 4.78 is 0. The highest BCUT2D eigenvalue weighted by Gasteiger charge is 2.08. The third-order valence-corrected chi connectivity index (χ3v) is 2.23. The zero-order valence-electron chi connectivity index (χ0n) is 9.60. The average Bonchev–Trinajstić information content (AvgIpc) is 2.34. The van der Waals surface area contributed by atoms with E-state index in [1.807, 2.05) is 7.05 Å². The Morgan fingerprint density at radius 2 is 1.94 bits per heavy atom. The number of nitro benzene ring substituents is 1. The van der Waals surface area contributed by atoms with Crippen LogP contribution in [-0.2, 0) is 0 Å². The fourth-order valence-electron chi connectivity index (χ4n) is 1.30. The molecule has 0 bridgehead atoms. The van der Waals surface area contributed by atoms with Crippen LogP contribution in [0.25, 0.3) is 0 Å². The zero-order chi connectivity index (χ0) is 12.7. The average molecular weight is 237 g/mol. The number of benzene rings is 1. The largest absolute Gasteiger partial charge is 0.352 e. The Kier molecular flexibility index (Phi) is 5.09. The van der Waals surface area contributed by atoms with Gasteiger partial charge in [-0.1, -0.05) is 0 Å². The molecule has 0 saturated heterocycles.